The molecule has 0 aliphatic heterocycles. The van der Waals surface area contributed by atoms with Crippen molar-refractivity contribution >= 4 is 18.2 Å². The van der Waals surface area contributed by atoms with Gasteiger partial charge in [0, 0.05) is 0 Å². The minimum Gasteiger partial charge on any atom is -0.466 e. The van der Waals surface area contributed by atoms with Gasteiger partial charge in [-0.15, -0.1) is 0 Å². The molecule has 0 fully saturated rings. The van der Waals surface area contributed by atoms with E-state index in [0.29, 0.717) is 0 Å². The fourth-order valence-corrected chi connectivity index (χ4v) is 0.850. The molecule has 0 spiro atoms. The summed E-state index contributed by atoms with van der Waals surface area (Å²) in [4.78, 5) is 32.6. The molecule has 1 N–H and O–H groups in total. The average Bonchev–Trinajstić information content (AvgIpc) is 2.18. The van der Waals surface area contributed by atoms with Gasteiger partial charge in [0.15, 0.2) is 6.29 Å². The molecule has 15 heavy (non-hydrogen) atoms. The van der Waals surface area contributed by atoms with Crippen LogP contribution in [0.3, 0.4) is 0 Å². The van der Waals surface area contributed by atoms with E-state index in [9.17, 15) is 19.5 Å². The van der Waals surface area contributed by atoms with E-state index in [1.54, 1.807) is 6.92 Å². The predicted molar refractivity (Wildman–Crippen MR) is 48.9 cm³/mol. The van der Waals surface area contributed by atoms with Crippen LogP contribution in [0.1, 0.15) is 20.3 Å². The van der Waals surface area contributed by atoms with Crippen molar-refractivity contribution in [3.63, 3.8) is 0 Å². The predicted octanol–water partition coefficient (Wildman–Crippen LogP) is -0.567. The Morgan fingerprint density at radius 1 is 1.27 bits per heavy atom. The molecular weight excluding hydrogens is 204 g/mol. The molecule has 1 atom stereocenters. The van der Waals surface area contributed by atoms with E-state index in [1.165, 1.54) is 6.92 Å². The second-order valence-electron chi connectivity index (χ2n) is 2.74. The highest BCUT2D eigenvalue weighted by molar-refractivity contribution is 6.00. The lowest BCUT2D eigenvalue weighted by molar-refractivity contribution is -0.172. The zero-order valence-electron chi connectivity index (χ0n) is 8.69. The van der Waals surface area contributed by atoms with Gasteiger partial charge in [-0.05, 0) is 13.8 Å². The summed E-state index contributed by atoms with van der Waals surface area (Å²) in [6.45, 7) is 3.21. The quantitative estimate of drug-likeness (QED) is 0.365. The van der Waals surface area contributed by atoms with Crippen LogP contribution in [0.5, 0.6) is 0 Å². The van der Waals surface area contributed by atoms with Gasteiger partial charge in [0.2, 0.25) is 5.60 Å². The van der Waals surface area contributed by atoms with Crippen LogP contribution in [-0.4, -0.2) is 42.1 Å². The fourth-order valence-electron chi connectivity index (χ4n) is 0.850. The number of rotatable bonds is 6. The molecule has 0 saturated carbocycles. The van der Waals surface area contributed by atoms with Crippen molar-refractivity contribution in [1.29, 1.82) is 0 Å². The lowest BCUT2D eigenvalue weighted by Gasteiger charge is -2.17. The second kappa shape index (κ2) is 6.13. The maximum atomic E-state index is 11.1. The van der Waals surface area contributed by atoms with E-state index < -0.39 is 24.0 Å². The summed E-state index contributed by atoms with van der Waals surface area (Å²) in [6.07, 6.45) is -0.759. The Kier molecular flexibility index (Phi) is 5.54. The number of carbonyl (C=O) groups is 3. The van der Waals surface area contributed by atoms with Gasteiger partial charge in [-0.25, -0.2) is 4.79 Å². The Balaban J connectivity index is 4.49. The highest BCUT2D eigenvalue weighted by Gasteiger charge is 2.40. The maximum absolute atomic E-state index is 11.1. The molecule has 0 bridgehead atoms. The normalized spacial score (nSPS) is 13.8. The molecule has 0 aliphatic rings. The van der Waals surface area contributed by atoms with Gasteiger partial charge in [-0.3, -0.25) is 9.59 Å². The van der Waals surface area contributed by atoms with Gasteiger partial charge in [-0.2, -0.15) is 0 Å². The Morgan fingerprint density at radius 2 is 1.80 bits per heavy atom. The Hall–Kier alpha value is -1.43. The molecule has 86 valence electrons. The molecule has 6 nitrogen and oxygen atoms in total. The van der Waals surface area contributed by atoms with Gasteiger partial charge >= 0.3 is 11.9 Å². The standard InChI is InChI=1S/C9H14O6/c1-3-14-7(11)5-9(13,6-10)8(12)15-4-2/h6,13H,3-5H2,1-2H3. The number of aliphatic hydroxyl groups is 1. The maximum Gasteiger partial charge on any atom is 0.346 e. The minimum atomic E-state index is -2.44. The van der Waals surface area contributed by atoms with Gasteiger partial charge in [0.05, 0.1) is 19.6 Å². The van der Waals surface area contributed by atoms with Gasteiger partial charge < -0.3 is 14.6 Å². The molecule has 0 aromatic rings. The topological polar surface area (TPSA) is 89.9 Å². The number of esters is 2. The average molecular weight is 218 g/mol. The SMILES string of the molecule is CCOC(=O)CC(O)(C=O)C(=O)OCC. The van der Waals surface area contributed by atoms with Crippen LogP contribution in [0.15, 0.2) is 0 Å². The van der Waals surface area contributed by atoms with Gasteiger partial charge in [0.1, 0.15) is 0 Å². The molecular formula is C9H14O6. The van der Waals surface area contributed by atoms with Crippen LogP contribution in [0.2, 0.25) is 0 Å². The monoisotopic (exact) mass is 218 g/mol. The molecule has 0 rings (SSSR count). The first-order valence-electron chi connectivity index (χ1n) is 4.51. The summed E-state index contributed by atoms with van der Waals surface area (Å²) in [5.74, 6) is -1.98. The smallest absolute Gasteiger partial charge is 0.346 e. The Labute approximate surface area is 87.2 Å². The van der Waals surface area contributed by atoms with Crippen molar-refractivity contribution in [1.82, 2.24) is 0 Å². The molecule has 6 heteroatoms. The third kappa shape index (κ3) is 4.07. The van der Waals surface area contributed by atoms with Crippen LogP contribution in [0, 0.1) is 0 Å². The number of hydrogen-bond donors (Lipinski definition) is 1. The van der Waals surface area contributed by atoms with Crippen LogP contribution in [0.4, 0.5) is 0 Å². The van der Waals surface area contributed by atoms with Crippen molar-refractivity contribution in [3.8, 4) is 0 Å². The highest BCUT2D eigenvalue weighted by Crippen LogP contribution is 2.11. The van der Waals surface area contributed by atoms with Crippen LogP contribution < -0.4 is 0 Å². The molecule has 0 aromatic carbocycles. The van der Waals surface area contributed by atoms with Gasteiger partial charge in [-0.1, -0.05) is 0 Å². The van der Waals surface area contributed by atoms with Gasteiger partial charge in [0.25, 0.3) is 0 Å². The van der Waals surface area contributed by atoms with Crippen LogP contribution in [-0.2, 0) is 23.9 Å². The van der Waals surface area contributed by atoms with Crippen molar-refractivity contribution < 1.29 is 29.0 Å². The first-order chi connectivity index (χ1) is 7.00. The second-order valence-corrected chi connectivity index (χ2v) is 2.74. The highest BCUT2D eigenvalue weighted by atomic mass is 16.6. The summed E-state index contributed by atoms with van der Waals surface area (Å²) in [6, 6.07) is 0. The van der Waals surface area contributed by atoms with Crippen LogP contribution in [0.25, 0.3) is 0 Å². The molecule has 0 aromatic heterocycles. The number of aldehydes is 1. The zero-order valence-corrected chi connectivity index (χ0v) is 8.69. The Bertz CT molecular complexity index is 249. The summed E-state index contributed by atoms with van der Waals surface area (Å²) in [7, 11) is 0. The van der Waals surface area contributed by atoms with E-state index >= 15 is 0 Å². The molecule has 0 heterocycles. The first-order valence-corrected chi connectivity index (χ1v) is 4.51. The summed E-state index contributed by atoms with van der Waals surface area (Å²) in [5.41, 5.74) is -2.44. The lowest BCUT2D eigenvalue weighted by Crippen LogP contribution is -2.44. The summed E-state index contributed by atoms with van der Waals surface area (Å²) in [5, 5.41) is 9.47. The fraction of sp³-hybridized carbons (Fsp3) is 0.667. The Morgan fingerprint density at radius 3 is 2.20 bits per heavy atom. The van der Waals surface area contributed by atoms with Crippen molar-refractivity contribution in [2.24, 2.45) is 0 Å². The minimum absolute atomic E-state index is 0.0117. The van der Waals surface area contributed by atoms with Crippen LogP contribution >= 0.6 is 0 Å². The number of hydrogen-bond acceptors (Lipinski definition) is 6. The van der Waals surface area contributed by atoms with E-state index in [1.807, 2.05) is 0 Å². The van der Waals surface area contributed by atoms with E-state index in [-0.39, 0.29) is 19.5 Å². The number of carbonyl (C=O) groups excluding carboxylic acids is 3. The molecule has 1 unspecified atom stereocenters. The summed E-state index contributed by atoms with van der Waals surface area (Å²) < 4.78 is 8.95. The number of ether oxygens (including phenoxy) is 2. The van der Waals surface area contributed by atoms with E-state index in [0.717, 1.165) is 0 Å². The molecule has 0 aliphatic carbocycles. The third-order valence-electron chi connectivity index (χ3n) is 1.54. The van der Waals surface area contributed by atoms with E-state index in [4.69, 9.17) is 0 Å². The first kappa shape index (κ1) is 13.6. The van der Waals surface area contributed by atoms with E-state index in [2.05, 4.69) is 9.47 Å². The molecule has 0 amide bonds. The molecule has 0 radical (unpaired) electrons. The van der Waals surface area contributed by atoms with Crippen molar-refractivity contribution in [2.75, 3.05) is 13.2 Å². The summed E-state index contributed by atoms with van der Waals surface area (Å²) >= 11 is 0. The third-order valence-corrected chi connectivity index (χ3v) is 1.54. The van der Waals surface area contributed by atoms with Crippen molar-refractivity contribution in [3.05, 3.63) is 0 Å². The van der Waals surface area contributed by atoms with Crippen molar-refractivity contribution in [2.45, 2.75) is 25.9 Å². The molecule has 0 saturated heterocycles. The largest absolute Gasteiger partial charge is 0.466 e. The zero-order chi connectivity index (χ0) is 11.9. The lowest BCUT2D eigenvalue weighted by atomic mass is 10.0.